The second-order valence-corrected chi connectivity index (χ2v) is 37.9. The predicted octanol–water partition coefficient (Wildman–Crippen LogP) is 38.1. The molecule has 0 aliphatic carbocycles. The first-order valence-electron chi connectivity index (χ1n) is 47.9. The van der Waals surface area contributed by atoms with Gasteiger partial charge in [-0.1, -0.05) is 309 Å². The van der Waals surface area contributed by atoms with Gasteiger partial charge >= 0.3 is 0 Å². The molecule has 28 rings (SSSR count). The summed E-state index contributed by atoms with van der Waals surface area (Å²) in [7, 11) is 0. The van der Waals surface area contributed by atoms with Gasteiger partial charge in [0.25, 0.3) is 0 Å². The van der Waals surface area contributed by atoms with Crippen LogP contribution in [0, 0.1) is 0 Å². The number of benzene rings is 22. The third-order valence-corrected chi connectivity index (χ3v) is 29.9. The van der Waals surface area contributed by atoms with E-state index in [2.05, 4.69) is 550 Å². The second-order valence-electron chi connectivity index (χ2n) is 35.8. The average Bonchev–Trinajstić information content (AvgIpc) is 1.59. The Kier molecular flexibility index (Phi) is 21.2. The molecule has 0 atom stereocenters. The summed E-state index contributed by atoms with van der Waals surface area (Å²) in [5.41, 5.74) is 32.4. The molecular weight excluding hydrogens is 1750 g/mol. The quantitative estimate of drug-likeness (QED) is 0.0966. The van der Waals surface area contributed by atoms with Crippen LogP contribution in [0.2, 0.25) is 0 Å². The lowest BCUT2D eigenvalue weighted by atomic mass is 10.0. The summed E-state index contributed by atoms with van der Waals surface area (Å²) < 4.78 is 18.5. The van der Waals surface area contributed by atoms with Crippen molar-refractivity contribution in [1.29, 1.82) is 0 Å². The molecule has 6 heterocycles. The Morgan fingerprint density at radius 1 is 0.156 bits per heavy atom. The van der Waals surface area contributed by atoms with Crippen molar-refractivity contribution in [3.8, 4) is 61.6 Å². The molecule has 0 unspecified atom stereocenters. The molecule has 0 saturated carbocycles. The van der Waals surface area contributed by atoms with Crippen molar-refractivity contribution in [3.05, 3.63) is 534 Å². The molecule has 0 fully saturated rings. The van der Waals surface area contributed by atoms with E-state index in [1.807, 2.05) is 34.8 Å². The molecule has 0 bridgehead atoms. The van der Waals surface area contributed by atoms with Crippen LogP contribution in [0.3, 0.4) is 0 Å². The largest absolute Gasteiger partial charge is 0.456 e. The van der Waals surface area contributed by atoms with Crippen molar-refractivity contribution >= 4 is 202 Å². The molecule has 0 N–H and O–H groups in total. The van der Waals surface area contributed by atoms with Crippen LogP contribution in [0.15, 0.2) is 538 Å². The fourth-order valence-corrected chi connectivity index (χ4v) is 23.4. The first kappa shape index (κ1) is 83.5. The van der Waals surface area contributed by atoms with Crippen molar-refractivity contribution in [3.63, 3.8) is 0 Å². The molecule has 0 aliphatic heterocycles. The van der Waals surface area contributed by atoms with Crippen LogP contribution in [0.1, 0.15) is 0 Å². The highest BCUT2D eigenvalue weighted by atomic mass is 32.1. The number of aromatic nitrogens is 3. The van der Waals surface area contributed by atoms with Gasteiger partial charge in [0.1, 0.15) is 11.2 Å². The predicted molar refractivity (Wildman–Crippen MR) is 601 cm³/mol. The lowest BCUT2D eigenvalue weighted by molar-refractivity contribution is 0.669. The van der Waals surface area contributed by atoms with E-state index in [1.165, 1.54) is 167 Å². The number of rotatable bonds is 16. The van der Waals surface area contributed by atoms with Crippen LogP contribution >= 0.6 is 22.7 Å². The van der Waals surface area contributed by atoms with E-state index in [4.69, 9.17) is 4.42 Å². The van der Waals surface area contributed by atoms with Gasteiger partial charge in [-0.25, -0.2) is 0 Å². The highest BCUT2D eigenvalue weighted by molar-refractivity contribution is 7.26. The smallest absolute Gasteiger partial charge is 0.135 e. The standard InChI is InChI=1S/C48H32N2S.C42H28N2O.C42H28N2S/c1-3-12-36(13-4-1)49(39-29-24-34(25-30-39)40-18-11-19-43-42-17-8-10-21-47(42)51-48(40)43)38-27-22-33(23-28-38)35-26-31-46-44(32-35)41-16-7-9-20-45(41)50(46)37-14-5-2-6-15-37;1-3-11-31(12-4-1)43(34-24-26-42-38(28-34)36-16-8-10-18-41(36)45-42)33-22-19-29(20-23-33)30-21-25-40-37(27-30)35-15-7-9-17-39(35)44(40)32-13-5-2-6-14-32;1-3-11-31(12-4-1)43(34-24-25-37-36-16-8-10-18-41(36)45-42(37)28-34)33-22-19-29(20-23-33)30-21-26-40-38(27-30)35-15-7-9-17-39(35)44(40)32-13-5-2-6-14-32/h1-32H;2*1-28H. The van der Waals surface area contributed by atoms with Crippen molar-refractivity contribution < 1.29 is 4.42 Å². The van der Waals surface area contributed by atoms with Crippen molar-refractivity contribution in [2.24, 2.45) is 0 Å². The third-order valence-electron chi connectivity index (χ3n) is 27.6. The second kappa shape index (κ2) is 35.9. The number of fused-ring (bicyclic) bond motifs is 18. The summed E-state index contributed by atoms with van der Waals surface area (Å²) in [5, 5.41) is 15.1. The molecule has 0 spiro atoms. The fraction of sp³-hybridized carbons (Fsp3) is 0. The number of nitrogens with zero attached hydrogens (tertiary/aromatic N) is 6. The molecule has 141 heavy (non-hydrogen) atoms. The zero-order chi connectivity index (χ0) is 93.2. The molecule has 0 aliphatic rings. The molecule has 28 aromatic rings. The van der Waals surface area contributed by atoms with Gasteiger partial charge in [-0.15, -0.1) is 22.7 Å². The number of para-hydroxylation sites is 10. The lowest BCUT2D eigenvalue weighted by Crippen LogP contribution is -2.09. The van der Waals surface area contributed by atoms with E-state index in [9.17, 15) is 0 Å². The van der Waals surface area contributed by atoms with Gasteiger partial charge in [0.05, 0.1) is 33.1 Å². The molecule has 0 amide bonds. The monoisotopic (exact) mass is 1840 g/mol. The van der Waals surface area contributed by atoms with Crippen LogP contribution in [-0.2, 0) is 0 Å². The Bertz CT molecular complexity index is 9520. The number of hydrogen-bond acceptors (Lipinski definition) is 6. The summed E-state index contributed by atoms with van der Waals surface area (Å²) in [6.45, 7) is 0. The highest BCUT2D eigenvalue weighted by Crippen LogP contribution is 2.48. The van der Waals surface area contributed by atoms with Gasteiger partial charge < -0.3 is 32.8 Å². The Balaban J connectivity index is 0.000000109. The normalized spacial score (nSPS) is 11.5. The molecule has 0 radical (unpaired) electrons. The van der Waals surface area contributed by atoms with Crippen LogP contribution in [0.4, 0.5) is 51.2 Å². The third kappa shape index (κ3) is 15.3. The highest BCUT2D eigenvalue weighted by Gasteiger charge is 2.24. The van der Waals surface area contributed by atoms with Gasteiger partial charge in [-0.05, 0) is 269 Å². The summed E-state index contributed by atoms with van der Waals surface area (Å²) in [4.78, 5) is 7.00. The van der Waals surface area contributed by atoms with Crippen molar-refractivity contribution in [2.45, 2.75) is 0 Å². The zero-order valence-electron chi connectivity index (χ0n) is 76.7. The van der Waals surface area contributed by atoms with Gasteiger partial charge in [0.15, 0.2) is 0 Å². The van der Waals surface area contributed by atoms with Gasteiger partial charge in [0, 0.05) is 152 Å². The minimum Gasteiger partial charge on any atom is -0.456 e. The summed E-state index contributed by atoms with van der Waals surface area (Å²) in [6.07, 6.45) is 0. The van der Waals surface area contributed by atoms with E-state index in [0.29, 0.717) is 0 Å². The Hall–Kier alpha value is -18.1. The molecule has 22 aromatic carbocycles. The van der Waals surface area contributed by atoms with E-state index < -0.39 is 0 Å². The van der Waals surface area contributed by atoms with E-state index in [0.717, 1.165) is 73.1 Å². The molecular formula is C132H88N6OS2. The minimum atomic E-state index is 0.896. The van der Waals surface area contributed by atoms with Crippen LogP contribution < -0.4 is 14.7 Å². The van der Waals surface area contributed by atoms with Crippen LogP contribution in [0.25, 0.3) is 189 Å². The first-order valence-corrected chi connectivity index (χ1v) is 49.5. The number of anilines is 9. The SMILES string of the molecule is c1ccc(N(c2ccc(-c3ccc4c(c3)c3ccccc3n4-c3ccccc3)cc2)c2ccc(-c3cccc4c3sc3ccccc34)cc2)cc1.c1ccc(N(c2ccc(-c3ccc4c(c3)c3ccccc3n4-c3ccccc3)cc2)c2ccc3c(c2)sc2ccccc23)cc1.c1ccc(N(c2ccc(-c3ccc4c(c3)c3ccccc3n4-c3ccccc3)cc2)c2ccc3oc4ccccc4c3c2)cc1. The van der Waals surface area contributed by atoms with Crippen LogP contribution in [0.5, 0.6) is 0 Å². The first-order chi connectivity index (χ1) is 69.9. The molecule has 9 heteroatoms. The van der Waals surface area contributed by atoms with Gasteiger partial charge in [0.2, 0.25) is 0 Å². The summed E-state index contributed by atoms with van der Waals surface area (Å²) >= 11 is 3.73. The number of thiophene rings is 2. The van der Waals surface area contributed by atoms with E-state index >= 15 is 0 Å². The van der Waals surface area contributed by atoms with Gasteiger partial charge in [-0.3, -0.25) is 0 Å². The molecule has 664 valence electrons. The van der Waals surface area contributed by atoms with Crippen molar-refractivity contribution in [1.82, 2.24) is 13.7 Å². The summed E-state index contributed by atoms with van der Waals surface area (Å²) in [5.74, 6) is 0. The maximum absolute atomic E-state index is 6.13. The topological polar surface area (TPSA) is 37.6 Å². The summed E-state index contributed by atoms with van der Waals surface area (Å²) in [6, 6.07) is 192. The molecule has 6 aromatic heterocycles. The average molecular weight is 1840 g/mol. The maximum Gasteiger partial charge on any atom is 0.135 e. The number of hydrogen-bond donors (Lipinski definition) is 0. The lowest BCUT2D eigenvalue weighted by Gasteiger charge is -2.26. The zero-order valence-corrected chi connectivity index (χ0v) is 78.3. The van der Waals surface area contributed by atoms with Crippen LogP contribution in [-0.4, -0.2) is 13.7 Å². The number of furan rings is 1. The Labute approximate surface area is 823 Å². The minimum absolute atomic E-state index is 0.896. The van der Waals surface area contributed by atoms with E-state index in [1.54, 1.807) is 0 Å². The molecule has 0 saturated heterocycles. The Morgan fingerprint density at radius 2 is 0.447 bits per heavy atom. The van der Waals surface area contributed by atoms with E-state index in [-0.39, 0.29) is 0 Å². The van der Waals surface area contributed by atoms with Crippen molar-refractivity contribution in [2.75, 3.05) is 14.7 Å². The van der Waals surface area contributed by atoms with Gasteiger partial charge in [-0.2, -0.15) is 0 Å². The Morgan fingerprint density at radius 3 is 0.879 bits per heavy atom. The molecule has 7 nitrogen and oxygen atoms in total. The maximum atomic E-state index is 6.13. The fourth-order valence-electron chi connectivity index (χ4n) is 21.0.